The normalized spacial score (nSPS) is 10.6. The third-order valence-corrected chi connectivity index (χ3v) is 4.47. The average molecular weight is 317 g/mol. The summed E-state index contributed by atoms with van der Waals surface area (Å²) in [6.45, 7) is 4.14. The lowest BCUT2D eigenvalue weighted by molar-refractivity contribution is 0.102. The molecule has 5 heteroatoms. The third kappa shape index (κ3) is 4.91. The van der Waals surface area contributed by atoms with Gasteiger partial charge < -0.3 is 0 Å². The Labute approximate surface area is 136 Å². The summed E-state index contributed by atoms with van der Waals surface area (Å²) in [4.78, 5) is 12.2. The van der Waals surface area contributed by atoms with Gasteiger partial charge in [0.25, 0.3) is 5.91 Å². The van der Waals surface area contributed by atoms with Crippen LogP contribution in [0.4, 0.5) is 5.13 Å². The van der Waals surface area contributed by atoms with E-state index in [1.165, 1.54) is 37.0 Å². The zero-order valence-corrected chi connectivity index (χ0v) is 14.1. The highest BCUT2D eigenvalue weighted by Crippen LogP contribution is 2.19. The van der Waals surface area contributed by atoms with Crippen molar-refractivity contribution in [2.45, 2.75) is 52.4 Å². The number of rotatable bonds is 8. The van der Waals surface area contributed by atoms with E-state index in [2.05, 4.69) is 22.4 Å². The van der Waals surface area contributed by atoms with E-state index in [1.807, 2.05) is 31.2 Å². The molecule has 0 unspecified atom stereocenters. The molecule has 1 aromatic carbocycles. The maximum atomic E-state index is 12.2. The van der Waals surface area contributed by atoms with E-state index in [9.17, 15) is 4.79 Å². The SMILES string of the molecule is CCCCCCCc1nnc(NC(=O)c2ccccc2C)s1. The Balaban J connectivity index is 1.84. The van der Waals surface area contributed by atoms with Gasteiger partial charge in [-0.05, 0) is 25.0 Å². The maximum absolute atomic E-state index is 12.2. The van der Waals surface area contributed by atoms with Crippen molar-refractivity contribution < 1.29 is 4.79 Å². The van der Waals surface area contributed by atoms with Crippen LogP contribution < -0.4 is 5.32 Å². The van der Waals surface area contributed by atoms with Crippen molar-refractivity contribution in [1.29, 1.82) is 0 Å². The number of nitrogens with zero attached hydrogens (tertiary/aromatic N) is 2. The predicted molar refractivity (Wildman–Crippen MR) is 91.5 cm³/mol. The van der Waals surface area contributed by atoms with Crippen LogP contribution in [0.3, 0.4) is 0 Å². The van der Waals surface area contributed by atoms with Crippen LogP contribution in [0.5, 0.6) is 0 Å². The Bertz CT molecular complexity index is 609. The number of benzene rings is 1. The summed E-state index contributed by atoms with van der Waals surface area (Å²) in [5.41, 5.74) is 1.64. The summed E-state index contributed by atoms with van der Waals surface area (Å²) in [5, 5.41) is 12.6. The molecule has 2 rings (SSSR count). The number of unbranched alkanes of at least 4 members (excludes halogenated alkanes) is 4. The van der Waals surface area contributed by atoms with Gasteiger partial charge in [-0.25, -0.2) is 0 Å². The highest BCUT2D eigenvalue weighted by Gasteiger charge is 2.11. The molecule has 1 heterocycles. The van der Waals surface area contributed by atoms with E-state index in [1.54, 1.807) is 0 Å². The van der Waals surface area contributed by atoms with Crippen molar-refractivity contribution in [1.82, 2.24) is 10.2 Å². The molecular formula is C17H23N3OS. The molecule has 2 aromatic rings. The van der Waals surface area contributed by atoms with Crippen LogP contribution in [-0.4, -0.2) is 16.1 Å². The van der Waals surface area contributed by atoms with Gasteiger partial charge in [-0.3, -0.25) is 10.1 Å². The largest absolute Gasteiger partial charge is 0.296 e. The van der Waals surface area contributed by atoms with E-state index in [4.69, 9.17) is 0 Å². The predicted octanol–water partition coefficient (Wildman–Crippen LogP) is 4.61. The Kier molecular flexibility index (Phi) is 6.52. The minimum absolute atomic E-state index is 0.122. The van der Waals surface area contributed by atoms with Crippen LogP contribution in [0.25, 0.3) is 0 Å². The first-order valence-electron chi connectivity index (χ1n) is 7.90. The van der Waals surface area contributed by atoms with Crippen LogP contribution >= 0.6 is 11.3 Å². The third-order valence-electron chi connectivity index (χ3n) is 3.57. The van der Waals surface area contributed by atoms with Crippen molar-refractivity contribution in [3.63, 3.8) is 0 Å². The lowest BCUT2D eigenvalue weighted by Crippen LogP contribution is -2.12. The molecule has 22 heavy (non-hydrogen) atoms. The number of aryl methyl sites for hydroxylation is 2. The van der Waals surface area contributed by atoms with Crippen molar-refractivity contribution >= 4 is 22.4 Å². The van der Waals surface area contributed by atoms with Crippen LogP contribution in [0.1, 0.15) is 60.0 Å². The number of nitrogens with one attached hydrogen (secondary N) is 1. The molecule has 1 N–H and O–H groups in total. The van der Waals surface area contributed by atoms with Gasteiger partial charge in [0.05, 0.1) is 0 Å². The van der Waals surface area contributed by atoms with Gasteiger partial charge in [0.15, 0.2) is 0 Å². The number of aromatic nitrogens is 2. The smallest absolute Gasteiger partial charge is 0.257 e. The molecule has 0 aliphatic heterocycles. The number of hydrogen-bond acceptors (Lipinski definition) is 4. The Morgan fingerprint density at radius 3 is 2.68 bits per heavy atom. The van der Waals surface area contributed by atoms with Crippen LogP contribution in [0.2, 0.25) is 0 Å². The van der Waals surface area contributed by atoms with Crippen LogP contribution in [-0.2, 0) is 6.42 Å². The molecular weight excluding hydrogens is 294 g/mol. The fraction of sp³-hybridized carbons (Fsp3) is 0.471. The van der Waals surface area contributed by atoms with Crippen LogP contribution in [0.15, 0.2) is 24.3 Å². The van der Waals surface area contributed by atoms with Crippen molar-refractivity contribution in [3.8, 4) is 0 Å². The summed E-state index contributed by atoms with van der Waals surface area (Å²) >= 11 is 1.47. The van der Waals surface area contributed by atoms with Gasteiger partial charge in [0.1, 0.15) is 5.01 Å². The monoisotopic (exact) mass is 317 g/mol. The maximum Gasteiger partial charge on any atom is 0.257 e. The first-order chi connectivity index (χ1) is 10.7. The number of anilines is 1. The zero-order chi connectivity index (χ0) is 15.8. The highest BCUT2D eigenvalue weighted by atomic mass is 32.1. The van der Waals surface area contributed by atoms with E-state index in [0.717, 1.165) is 23.4 Å². The van der Waals surface area contributed by atoms with Gasteiger partial charge in [0.2, 0.25) is 5.13 Å². The van der Waals surface area contributed by atoms with Gasteiger partial charge in [-0.1, -0.05) is 62.1 Å². The van der Waals surface area contributed by atoms with Gasteiger partial charge in [0, 0.05) is 12.0 Å². The van der Waals surface area contributed by atoms with E-state index in [0.29, 0.717) is 10.7 Å². The lowest BCUT2D eigenvalue weighted by Gasteiger charge is -2.03. The van der Waals surface area contributed by atoms with E-state index >= 15 is 0 Å². The van der Waals surface area contributed by atoms with E-state index in [-0.39, 0.29) is 5.91 Å². The number of carbonyl (C=O) groups is 1. The quantitative estimate of drug-likeness (QED) is 0.723. The summed E-state index contributed by atoms with van der Waals surface area (Å²) in [6, 6.07) is 7.54. The Hall–Kier alpha value is -1.75. The van der Waals surface area contributed by atoms with Crippen LogP contribution in [0, 0.1) is 6.92 Å². The minimum Gasteiger partial charge on any atom is -0.296 e. The summed E-state index contributed by atoms with van der Waals surface area (Å²) in [6.07, 6.45) is 7.16. The topological polar surface area (TPSA) is 54.9 Å². The van der Waals surface area contributed by atoms with Crippen molar-refractivity contribution in [3.05, 3.63) is 40.4 Å². The highest BCUT2D eigenvalue weighted by molar-refractivity contribution is 7.15. The Morgan fingerprint density at radius 1 is 1.14 bits per heavy atom. The fourth-order valence-corrected chi connectivity index (χ4v) is 3.05. The molecule has 0 radical (unpaired) electrons. The molecule has 0 bridgehead atoms. The summed E-state index contributed by atoms with van der Waals surface area (Å²) < 4.78 is 0. The second-order valence-corrected chi connectivity index (χ2v) is 6.50. The Morgan fingerprint density at radius 2 is 1.91 bits per heavy atom. The molecule has 0 atom stereocenters. The van der Waals surface area contributed by atoms with Crippen molar-refractivity contribution in [2.24, 2.45) is 0 Å². The molecule has 118 valence electrons. The second kappa shape index (κ2) is 8.63. The first kappa shape index (κ1) is 16.6. The number of hydrogen-bond donors (Lipinski definition) is 1. The molecule has 1 amide bonds. The molecule has 0 aliphatic rings. The molecule has 0 saturated carbocycles. The average Bonchev–Trinajstić information content (AvgIpc) is 2.95. The molecule has 0 spiro atoms. The first-order valence-corrected chi connectivity index (χ1v) is 8.71. The van der Waals surface area contributed by atoms with Crippen molar-refractivity contribution in [2.75, 3.05) is 5.32 Å². The summed E-state index contributed by atoms with van der Waals surface area (Å²) in [7, 11) is 0. The molecule has 0 saturated heterocycles. The van der Waals surface area contributed by atoms with Gasteiger partial charge >= 0.3 is 0 Å². The molecule has 1 aromatic heterocycles. The zero-order valence-electron chi connectivity index (χ0n) is 13.3. The standard InChI is InChI=1S/C17H23N3OS/c1-3-4-5-6-7-12-15-19-20-17(22-15)18-16(21)14-11-9-8-10-13(14)2/h8-11H,3-7,12H2,1-2H3,(H,18,20,21). The van der Waals surface area contributed by atoms with Gasteiger partial charge in [-0.15, -0.1) is 10.2 Å². The molecule has 0 aliphatic carbocycles. The minimum atomic E-state index is -0.122. The van der Waals surface area contributed by atoms with Gasteiger partial charge in [-0.2, -0.15) is 0 Å². The van der Waals surface area contributed by atoms with E-state index < -0.39 is 0 Å². The summed E-state index contributed by atoms with van der Waals surface area (Å²) in [5.74, 6) is -0.122. The second-order valence-electron chi connectivity index (χ2n) is 5.43. The molecule has 4 nitrogen and oxygen atoms in total. The number of amides is 1. The fourth-order valence-electron chi connectivity index (χ4n) is 2.28. The number of carbonyl (C=O) groups excluding carboxylic acids is 1. The lowest BCUT2D eigenvalue weighted by atomic mass is 10.1. The molecule has 0 fully saturated rings.